The summed E-state index contributed by atoms with van der Waals surface area (Å²) in [6, 6.07) is 0. The number of nitrogen functional groups attached to an aromatic ring is 1. The average Bonchev–Trinajstić information content (AvgIpc) is 3.14. The molecule has 1 amide bonds. The van der Waals surface area contributed by atoms with Crippen molar-refractivity contribution < 1.29 is 9.32 Å². The fourth-order valence-corrected chi connectivity index (χ4v) is 4.28. The summed E-state index contributed by atoms with van der Waals surface area (Å²) in [6.45, 7) is 5.29. The molecule has 0 spiro atoms. The van der Waals surface area contributed by atoms with Crippen LogP contribution in [0.15, 0.2) is 10.7 Å². The molecule has 4 rings (SSSR count). The first-order valence-electron chi connectivity index (χ1n) is 8.34. The van der Waals surface area contributed by atoms with Crippen LogP contribution >= 0.6 is 11.3 Å². The molecule has 0 unspecified atom stereocenters. The van der Waals surface area contributed by atoms with Crippen LogP contribution in [0.3, 0.4) is 0 Å². The predicted molar refractivity (Wildman–Crippen MR) is 96.6 cm³/mol. The number of anilines is 1. The number of fused-ring (bicyclic) bond motifs is 1. The largest absolute Gasteiger partial charge is 0.396 e. The summed E-state index contributed by atoms with van der Waals surface area (Å²) in [6.07, 6.45) is 4.93. The maximum absolute atomic E-state index is 12.8. The molecule has 0 radical (unpaired) electrons. The first kappa shape index (κ1) is 16.0. The molecule has 7 nitrogen and oxygen atoms in total. The van der Waals surface area contributed by atoms with Gasteiger partial charge in [-0.25, -0.2) is 9.97 Å². The number of carbonyl (C=O) groups is 1. The standard InChI is InChI=1S/C17H19N5O2S/c1-9-12(10(2)24-21-9)11-8-19-14-13(18)15(25-16(14)20-11)17(23)22-6-4-3-5-7-22/h8H,3-7,18H2,1-2H3. The molecule has 4 heterocycles. The number of carbonyl (C=O) groups excluding carboxylic acids is 1. The second-order valence-electron chi connectivity index (χ2n) is 6.31. The third-order valence-electron chi connectivity index (χ3n) is 4.57. The van der Waals surface area contributed by atoms with E-state index in [1.807, 2.05) is 18.7 Å². The minimum atomic E-state index is -0.0131. The Balaban J connectivity index is 1.76. The monoisotopic (exact) mass is 357 g/mol. The molecule has 130 valence electrons. The van der Waals surface area contributed by atoms with E-state index in [9.17, 15) is 4.79 Å². The summed E-state index contributed by atoms with van der Waals surface area (Å²) in [7, 11) is 0. The van der Waals surface area contributed by atoms with Gasteiger partial charge in [-0.2, -0.15) is 0 Å². The van der Waals surface area contributed by atoms with E-state index in [4.69, 9.17) is 10.3 Å². The van der Waals surface area contributed by atoms with E-state index in [1.165, 1.54) is 17.8 Å². The van der Waals surface area contributed by atoms with Crippen molar-refractivity contribution in [2.45, 2.75) is 33.1 Å². The molecule has 25 heavy (non-hydrogen) atoms. The number of piperidine rings is 1. The minimum absolute atomic E-state index is 0.0131. The Morgan fingerprint density at radius 2 is 2.04 bits per heavy atom. The highest BCUT2D eigenvalue weighted by Crippen LogP contribution is 2.34. The van der Waals surface area contributed by atoms with Crippen molar-refractivity contribution in [3.63, 3.8) is 0 Å². The van der Waals surface area contributed by atoms with Gasteiger partial charge >= 0.3 is 0 Å². The number of likely N-dealkylation sites (tertiary alicyclic amines) is 1. The van der Waals surface area contributed by atoms with Crippen LogP contribution in [0.2, 0.25) is 0 Å². The highest BCUT2D eigenvalue weighted by molar-refractivity contribution is 7.21. The lowest BCUT2D eigenvalue weighted by Crippen LogP contribution is -2.35. The van der Waals surface area contributed by atoms with Crippen molar-refractivity contribution in [2.75, 3.05) is 18.8 Å². The first-order chi connectivity index (χ1) is 12.1. The molecule has 1 fully saturated rings. The van der Waals surface area contributed by atoms with Gasteiger partial charge in [-0.05, 0) is 33.1 Å². The fraction of sp³-hybridized carbons (Fsp3) is 0.412. The van der Waals surface area contributed by atoms with Gasteiger partial charge < -0.3 is 15.2 Å². The second kappa shape index (κ2) is 6.11. The van der Waals surface area contributed by atoms with Crippen molar-refractivity contribution >= 4 is 33.3 Å². The number of nitrogens with zero attached hydrogens (tertiary/aromatic N) is 4. The van der Waals surface area contributed by atoms with E-state index in [2.05, 4.69) is 15.1 Å². The number of aryl methyl sites for hydroxylation is 2. The number of aromatic nitrogens is 3. The van der Waals surface area contributed by atoms with E-state index in [0.717, 1.165) is 37.2 Å². The summed E-state index contributed by atoms with van der Waals surface area (Å²) in [5, 5.41) is 3.96. The third kappa shape index (κ3) is 2.66. The van der Waals surface area contributed by atoms with E-state index in [1.54, 1.807) is 6.20 Å². The smallest absolute Gasteiger partial charge is 0.266 e. The molecule has 0 atom stereocenters. The summed E-state index contributed by atoms with van der Waals surface area (Å²) in [4.78, 5) is 25.0. The van der Waals surface area contributed by atoms with Crippen LogP contribution in [0.1, 0.15) is 40.4 Å². The Morgan fingerprint density at radius 3 is 2.72 bits per heavy atom. The maximum Gasteiger partial charge on any atom is 0.266 e. The van der Waals surface area contributed by atoms with Gasteiger partial charge in [0.1, 0.15) is 21.0 Å². The van der Waals surface area contributed by atoms with Gasteiger partial charge in [0, 0.05) is 13.1 Å². The Morgan fingerprint density at radius 1 is 1.28 bits per heavy atom. The number of amides is 1. The topological polar surface area (TPSA) is 98.1 Å². The lowest BCUT2D eigenvalue weighted by Gasteiger charge is -2.26. The highest BCUT2D eigenvalue weighted by Gasteiger charge is 2.25. The fourth-order valence-electron chi connectivity index (χ4n) is 3.26. The van der Waals surface area contributed by atoms with Crippen molar-refractivity contribution in [3.8, 4) is 11.3 Å². The van der Waals surface area contributed by atoms with Crippen molar-refractivity contribution in [1.29, 1.82) is 0 Å². The van der Waals surface area contributed by atoms with Crippen LogP contribution in [-0.4, -0.2) is 39.0 Å². The SMILES string of the molecule is Cc1noc(C)c1-c1cnc2c(N)c(C(=O)N3CCCCC3)sc2n1. The van der Waals surface area contributed by atoms with E-state index in [-0.39, 0.29) is 5.91 Å². The van der Waals surface area contributed by atoms with Crippen LogP contribution in [0.4, 0.5) is 5.69 Å². The van der Waals surface area contributed by atoms with Crippen LogP contribution in [0, 0.1) is 13.8 Å². The summed E-state index contributed by atoms with van der Waals surface area (Å²) < 4.78 is 5.21. The normalized spacial score (nSPS) is 15.0. The molecule has 1 saturated heterocycles. The summed E-state index contributed by atoms with van der Waals surface area (Å²) in [5.41, 5.74) is 9.50. The van der Waals surface area contributed by atoms with Gasteiger partial charge in [0.05, 0.1) is 28.8 Å². The van der Waals surface area contributed by atoms with Crippen molar-refractivity contribution in [3.05, 3.63) is 22.5 Å². The van der Waals surface area contributed by atoms with Gasteiger partial charge in [-0.3, -0.25) is 4.79 Å². The quantitative estimate of drug-likeness (QED) is 0.756. The van der Waals surface area contributed by atoms with Crippen LogP contribution < -0.4 is 5.73 Å². The van der Waals surface area contributed by atoms with Crippen LogP contribution in [0.25, 0.3) is 21.6 Å². The number of hydrogen-bond acceptors (Lipinski definition) is 7. The molecular formula is C17H19N5O2S. The Bertz CT molecular complexity index is 936. The first-order valence-corrected chi connectivity index (χ1v) is 9.15. The number of nitrogens with two attached hydrogens (primary N) is 1. The second-order valence-corrected chi connectivity index (χ2v) is 7.30. The summed E-state index contributed by atoms with van der Waals surface area (Å²) >= 11 is 1.31. The summed E-state index contributed by atoms with van der Waals surface area (Å²) in [5.74, 6) is 0.682. The lowest BCUT2D eigenvalue weighted by atomic mass is 10.1. The van der Waals surface area contributed by atoms with Crippen molar-refractivity contribution in [1.82, 2.24) is 20.0 Å². The van der Waals surface area contributed by atoms with E-state index in [0.29, 0.717) is 32.4 Å². The molecule has 0 saturated carbocycles. The Labute approximate surface area is 148 Å². The van der Waals surface area contributed by atoms with Crippen LogP contribution in [0.5, 0.6) is 0 Å². The molecule has 8 heteroatoms. The highest BCUT2D eigenvalue weighted by atomic mass is 32.1. The average molecular weight is 357 g/mol. The zero-order valence-electron chi connectivity index (χ0n) is 14.2. The van der Waals surface area contributed by atoms with Gasteiger partial charge in [0.15, 0.2) is 0 Å². The van der Waals surface area contributed by atoms with E-state index < -0.39 is 0 Å². The number of rotatable bonds is 2. The molecule has 3 aromatic heterocycles. The molecule has 2 N–H and O–H groups in total. The van der Waals surface area contributed by atoms with Crippen molar-refractivity contribution in [2.24, 2.45) is 0 Å². The van der Waals surface area contributed by atoms with Gasteiger partial charge in [0.25, 0.3) is 5.91 Å². The molecule has 0 bridgehead atoms. The molecular weight excluding hydrogens is 338 g/mol. The predicted octanol–water partition coefficient (Wildman–Crippen LogP) is 3.17. The molecule has 0 aromatic carbocycles. The Kier molecular flexibility index (Phi) is 3.91. The Hall–Kier alpha value is -2.48. The molecule has 3 aromatic rings. The van der Waals surface area contributed by atoms with Gasteiger partial charge in [-0.1, -0.05) is 5.16 Å². The zero-order valence-corrected chi connectivity index (χ0v) is 15.0. The molecule has 1 aliphatic heterocycles. The van der Waals surface area contributed by atoms with Gasteiger partial charge in [0.2, 0.25) is 0 Å². The van der Waals surface area contributed by atoms with Gasteiger partial charge in [-0.15, -0.1) is 11.3 Å². The van der Waals surface area contributed by atoms with Crippen LogP contribution in [-0.2, 0) is 0 Å². The zero-order chi connectivity index (χ0) is 17.6. The third-order valence-corrected chi connectivity index (χ3v) is 5.64. The minimum Gasteiger partial charge on any atom is -0.396 e. The number of thiophene rings is 1. The number of hydrogen-bond donors (Lipinski definition) is 1. The lowest BCUT2D eigenvalue weighted by molar-refractivity contribution is 0.0730. The molecule has 0 aliphatic carbocycles. The van der Waals surface area contributed by atoms with E-state index >= 15 is 0 Å². The maximum atomic E-state index is 12.8. The molecule has 1 aliphatic rings.